The summed E-state index contributed by atoms with van der Waals surface area (Å²) < 4.78 is 0.898. The molecule has 5 nitrogen and oxygen atoms in total. The van der Waals surface area contributed by atoms with E-state index in [0.29, 0.717) is 5.75 Å². The van der Waals surface area contributed by atoms with Crippen LogP contribution in [-0.2, 0) is 10.5 Å². The summed E-state index contributed by atoms with van der Waals surface area (Å²) in [6.45, 7) is 0. The predicted molar refractivity (Wildman–Crippen MR) is 92.0 cm³/mol. The molecule has 0 saturated carbocycles. The van der Waals surface area contributed by atoms with E-state index in [4.69, 9.17) is 0 Å². The number of benzene rings is 2. The minimum atomic E-state index is -0.422. The first-order valence-corrected chi connectivity index (χ1v) is 8.36. The molecule has 114 valence electrons. The minimum Gasteiger partial charge on any atom is -0.325 e. The maximum Gasteiger partial charge on any atom is 0.269 e. The molecule has 0 aliphatic heterocycles. The van der Waals surface area contributed by atoms with E-state index in [1.165, 1.54) is 23.9 Å². The smallest absolute Gasteiger partial charge is 0.269 e. The first kappa shape index (κ1) is 16.5. The van der Waals surface area contributed by atoms with Gasteiger partial charge in [0.1, 0.15) is 0 Å². The summed E-state index contributed by atoms with van der Waals surface area (Å²) in [5.41, 5.74) is 1.63. The number of carbonyl (C=O) groups excluding carboxylic acids is 1. The van der Waals surface area contributed by atoms with Gasteiger partial charge in [0.05, 0.1) is 10.7 Å². The molecule has 2 aromatic rings. The van der Waals surface area contributed by atoms with E-state index in [-0.39, 0.29) is 17.3 Å². The van der Waals surface area contributed by atoms with Gasteiger partial charge in [-0.15, -0.1) is 11.8 Å². The molecule has 0 aliphatic rings. The normalized spacial score (nSPS) is 10.2. The van der Waals surface area contributed by atoms with Crippen LogP contribution in [0, 0.1) is 10.1 Å². The maximum absolute atomic E-state index is 11.8. The molecule has 0 atom stereocenters. The van der Waals surface area contributed by atoms with E-state index in [1.807, 2.05) is 30.3 Å². The van der Waals surface area contributed by atoms with E-state index < -0.39 is 4.92 Å². The Labute approximate surface area is 140 Å². The van der Waals surface area contributed by atoms with Gasteiger partial charge in [-0.2, -0.15) is 0 Å². The lowest BCUT2D eigenvalue weighted by atomic mass is 10.2. The number of hydrogen-bond donors (Lipinski definition) is 1. The molecule has 0 fully saturated rings. The van der Waals surface area contributed by atoms with Crippen molar-refractivity contribution in [2.24, 2.45) is 0 Å². The van der Waals surface area contributed by atoms with Crippen LogP contribution in [0.5, 0.6) is 0 Å². The van der Waals surface area contributed by atoms with Crippen molar-refractivity contribution in [3.8, 4) is 0 Å². The second-order valence-electron chi connectivity index (χ2n) is 4.48. The van der Waals surface area contributed by atoms with Crippen molar-refractivity contribution in [3.05, 3.63) is 68.7 Å². The first-order valence-electron chi connectivity index (χ1n) is 6.41. The number of nitrogens with zero attached hydrogens (tertiary/aromatic N) is 1. The molecule has 0 bridgehead atoms. The quantitative estimate of drug-likeness (QED) is 0.601. The molecule has 0 aliphatic carbocycles. The van der Waals surface area contributed by atoms with Gasteiger partial charge in [-0.25, -0.2) is 0 Å². The second-order valence-corrected chi connectivity index (χ2v) is 6.38. The molecule has 0 unspecified atom stereocenters. The molecule has 1 N–H and O–H groups in total. The van der Waals surface area contributed by atoms with Crippen molar-refractivity contribution < 1.29 is 9.72 Å². The van der Waals surface area contributed by atoms with Gasteiger partial charge in [0.15, 0.2) is 0 Å². The monoisotopic (exact) mass is 380 g/mol. The van der Waals surface area contributed by atoms with Crippen LogP contribution in [0.25, 0.3) is 0 Å². The summed E-state index contributed by atoms with van der Waals surface area (Å²) in [4.78, 5) is 22.1. The standard InChI is InChI=1S/C15H13BrN2O3S/c16-12-4-2-5-13(8-12)17-15(19)10-22-9-11-3-1-6-14(7-11)18(20)21/h1-8H,9-10H2,(H,17,19). The molecule has 22 heavy (non-hydrogen) atoms. The van der Waals surface area contributed by atoms with Gasteiger partial charge in [0, 0.05) is 28.0 Å². The molecule has 0 aromatic heterocycles. The zero-order chi connectivity index (χ0) is 15.9. The van der Waals surface area contributed by atoms with Crippen LogP contribution >= 0.6 is 27.7 Å². The van der Waals surface area contributed by atoms with Crippen LogP contribution in [0.2, 0.25) is 0 Å². The number of anilines is 1. The Morgan fingerprint density at radius 3 is 2.73 bits per heavy atom. The van der Waals surface area contributed by atoms with Gasteiger partial charge >= 0.3 is 0 Å². The highest BCUT2D eigenvalue weighted by Gasteiger charge is 2.07. The molecule has 2 rings (SSSR count). The Kier molecular flexibility index (Phi) is 5.97. The highest BCUT2D eigenvalue weighted by molar-refractivity contribution is 9.10. The molecule has 0 radical (unpaired) electrons. The molecule has 0 saturated heterocycles. The molecule has 0 spiro atoms. The highest BCUT2D eigenvalue weighted by Crippen LogP contribution is 2.19. The number of carbonyl (C=O) groups is 1. The second kappa shape index (κ2) is 7.95. The molecular formula is C15H13BrN2O3S. The van der Waals surface area contributed by atoms with Crippen molar-refractivity contribution in [1.29, 1.82) is 0 Å². The summed E-state index contributed by atoms with van der Waals surface area (Å²) >= 11 is 4.75. The van der Waals surface area contributed by atoms with Crippen LogP contribution in [0.3, 0.4) is 0 Å². The van der Waals surface area contributed by atoms with Crippen LogP contribution < -0.4 is 5.32 Å². The zero-order valence-corrected chi connectivity index (χ0v) is 13.9. The largest absolute Gasteiger partial charge is 0.325 e. The number of non-ortho nitro benzene ring substituents is 1. The van der Waals surface area contributed by atoms with E-state index in [2.05, 4.69) is 21.2 Å². The van der Waals surface area contributed by atoms with Crippen molar-refractivity contribution in [1.82, 2.24) is 0 Å². The molecular weight excluding hydrogens is 368 g/mol. The van der Waals surface area contributed by atoms with Gasteiger partial charge in [-0.1, -0.05) is 34.1 Å². The van der Waals surface area contributed by atoms with E-state index in [9.17, 15) is 14.9 Å². The summed E-state index contributed by atoms with van der Waals surface area (Å²) in [6.07, 6.45) is 0. The van der Waals surface area contributed by atoms with Gasteiger partial charge in [-0.3, -0.25) is 14.9 Å². The van der Waals surface area contributed by atoms with Crippen molar-refractivity contribution >= 4 is 45.0 Å². The third-order valence-corrected chi connectivity index (χ3v) is 4.23. The van der Waals surface area contributed by atoms with Crippen molar-refractivity contribution in [2.75, 3.05) is 11.1 Å². The van der Waals surface area contributed by atoms with Crippen molar-refractivity contribution in [3.63, 3.8) is 0 Å². The third kappa shape index (κ3) is 5.16. The van der Waals surface area contributed by atoms with E-state index >= 15 is 0 Å². The van der Waals surface area contributed by atoms with Crippen LogP contribution in [0.4, 0.5) is 11.4 Å². The number of amides is 1. The fourth-order valence-corrected chi connectivity index (χ4v) is 2.96. The number of hydrogen-bond acceptors (Lipinski definition) is 4. The van der Waals surface area contributed by atoms with Crippen LogP contribution in [-0.4, -0.2) is 16.6 Å². The Bertz CT molecular complexity index is 694. The Morgan fingerprint density at radius 2 is 2.00 bits per heavy atom. The highest BCUT2D eigenvalue weighted by atomic mass is 79.9. The van der Waals surface area contributed by atoms with Crippen LogP contribution in [0.15, 0.2) is 53.0 Å². The average molecular weight is 381 g/mol. The third-order valence-electron chi connectivity index (χ3n) is 2.73. The molecule has 2 aromatic carbocycles. The fraction of sp³-hybridized carbons (Fsp3) is 0.133. The Hall–Kier alpha value is -1.86. The number of rotatable bonds is 6. The summed E-state index contributed by atoms with van der Waals surface area (Å²) in [5.74, 6) is 0.733. The Balaban J connectivity index is 1.82. The lowest BCUT2D eigenvalue weighted by Gasteiger charge is -2.05. The van der Waals surface area contributed by atoms with Gasteiger partial charge in [0.25, 0.3) is 5.69 Å². The number of nitro groups is 1. The lowest BCUT2D eigenvalue weighted by Crippen LogP contribution is -2.14. The first-order chi connectivity index (χ1) is 10.5. The summed E-state index contributed by atoms with van der Waals surface area (Å²) in [7, 11) is 0. The van der Waals surface area contributed by atoms with E-state index in [0.717, 1.165) is 15.7 Å². The topological polar surface area (TPSA) is 72.2 Å². The number of thioether (sulfide) groups is 1. The fourth-order valence-electron chi connectivity index (χ4n) is 1.78. The van der Waals surface area contributed by atoms with Gasteiger partial charge < -0.3 is 5.32 Å². The molecule has 0 heterocycles. The zero-order valence-electron chi connectivity index (χ0n) is 11.5. The molecule has 7 heteroatoms. The minimum absolute atomic E-state index is 0.0664. The number of halogens is 1. The molecule has 1 amide bonds. The van der Waals surface area contributed by atoms with Crippen LogP contribution in [0.1, 0.15) is 5.56 Å². The number of nitro benzene ring substituents is 1. The predicted octanol–water partition coefficient (Wildman–Crippen LogP) is 4.23. The summed E-state index contributed by atoms with van der Waals surface area (Å²) in [5, 5.41) is 13.5. The number of nitrogens with one attached hydrogen (secondary N) is 1. The van der Waals surface area contributed by atoms with Crippen molar-refractivity contribution in [2.45, 2.75) is 5.75 Å². The maximum atomic E-state index is 11.8. The van der Waals surface area contributed by atoms with Gasteiger partial charge in [0.2, 0.25) is 5.91 Å². The SMILES string of the molecule is O=C(CSCc1cccc([N+](=O)[O-])c1)Nc1cccc(Br)c1. The Morgan fingerprint density at radius 1 is 1.23 bits per heavy atom. The average Bonchev–Trinajstić information content (AvgIpc) is 2.47. The van der Waals surface area contributed by atoms with E-state index in [1.54, 1.807) is 6.07 Å². The summed E-state index contributed by atoms with van der Waals surface area (Å²) in [6, 6.07) is 13.8. The lowest BCUT2D eigenvalue weighted by molar-refractivity contribution is -0.384. The van der Waals surface area contributed by atoms with Gasteiger partial charge in [-0.05, 0) is 23.8 Å².